The van der Waals surface area contributed by atoms with E-state index in [0.29, 0.717) is 11.4 Å². The lowest BCUT2D eigenvalue weighted by atomic mass is 10.1. The average Bonchev–Trinajstić information content (AvgIpc) is 2.56. The average molecular weight is 391 g/mol. The van der Waals surface area contributed by atoms with Gasteiger partial charge in [-0.15, -0.1) is 0 Å². The molecule has 6 nitrogen and oxygen atoms in total. The minimum absolute atomic E-state index is 0.0443. The zero-order valence-corrected chi connectivity index (χ0v) is 16.9. The number of nitrogens with zero attached hydrogens (tertiary/aromatic N) is 1. The van der Waals surface area contributed by atoms with E-state index in [1.807, 2.05) is 51.1 Å². The molecule has 0 fully saturated rings. The van der Waals surface area contributed by atoms with E-state index in [9.17, 15) is 13.2 Å². The molecule has 0 aliphatic rings. The number of para-hydroxylation sites is 2. The first-order valence-corrected chi connectivity index (χ1v) is 10.6. The van der Waals surface area contributed by atoms with Crippen molar-refractivity contribution in [3.05, 3.63) is 59.7 Å². The number of nitrogens with one attached hydrogen (secondary N) is 1. The van der Waals surface area contributed by atoms with Gasteiger partial charge in [0.1, 0.15) is 5.75 Å². The van der Waals surface area contributed by atoms with Gasteiger partial charge in [-0.25, -0.2) is 8.42 Å². The van der Waals surface area contributed by atoms with Gasteiger partial charge in [-0.2, -0.15) is 4.31 Å². The van der Waals surface area contributed by atoms with Crippen LogP contribution in [0.3, 0.4) is 0 Å². The fourth-order valence-electron chi connectivity index (χ4n) is 2.46. The highest BCUT2D eigenvalue weighted by Gasteiger charge is 2.21. The van der Waals surface area contributed by atoms with Crippen molar-refractivity contribution in [2.75, 3.05) is 18.1 Å². The van der Waals surface area contributed by atoms with Gasteiger partial charge in [0.15, 0.2) is 0 Å². The van der Waals surface area contributed by atoms with Crippen LogP contribution in [0.1, 0.15) is 25.0 Å². The molecule has 0 spiro atoms. The predicted molar refractivity (Wildman–Crippen MR) is 107 cm³/mol. The van der Waals surface area contributed by atoms with Crippen molar-refractivity contribution in [1.29, 1.82) is 0 Å². The maximum atomic E-state index is 12.5. The summed E-state index contributed by atoms with van der Waals surface area (Å²) in [4.78, 5) is 12.5. The summed E-state index contributed by atoms with van der Waals surface area (Å²) in [7, 11) is -3.55. The van der Waals surface area contributed by atoms with Gasteiger partial charge >= 0.3 is 0 Å². The lowest BCUT2D eigenvalue weighted by molar-refractivity contribution is -0.116. The van der Waals surface area contributed by atoms with E-state index in [2.05, 4.69) is 5.32 Å². The van der Waals surface area contributed by atoms with Crippen LogP contribution in [-0.2, 0) is 21.4 Å². The van der Waals surface area contributed by atoms with Crippen LogP contribution in [0.2, 0.25) is 0 Å². The number of anilines is 1. The number of sulfonamides is 1. The Morgan fingerprint density at radius 2 is 1.74 bits per heavy atom. The molecule has 1 amide bonds. The van der Waals surface area contributed by atoms with Gasteiger partial charge in [-0.05, 0) is 38.5 Å². The van der Waals surface area contributed by atoms with Crippen molar-refractivity contribution < 1.29 is 17.9 Å². The lowest BCUT2D eigenvalue weighted by Crippen LogP contribution is -2.37. The molecule has 0 bridgehead atoms. The summed E-state index contributed by atoms with van der Waals surface area (Å²) >= 11 is 0. The van der Waals surface area contributed by atoms with Crippen molar-refractivity contribution in [3.8, 4) is 5.75 Å². The van der Waals surface area contributed by atoms with Crippen molar-refractivity contribution >= 4 is 21.6 Å². The van der Waals surface area contributed by atoms with Gasteiger partial charge in [0, 0.05) is 6.54 Å². The van der Waals surface area contributed by atoms with Crippen LogP contribution in [0, 0.1) is 6.92 Å². The molecule has 0 atom stereocenters. The Labute approximate surface area is 161 Å². The minimum atomic E-state index is -3.55. The Morgan fingerprint density at radius 3 is 2.33 bits per heavy atom. The van der Waals surface area contributed by atoms with E-state index in [1.165, 1.54) is 0 Å². The smallest absolute Gasteiger partial charge is 0.239 e. The third kappa shape index (κ3) is 6.69. The molecule has 2 rings (SSSR count). The quantitative estimate of drug-likeness (QED) is 0.751. The normalized spacial score (nSPS) is 11.6. The van der Waals surface area contributed by atoms with E-state index in [1.54, 1.807) is 18.2 Å². The van der Waals surface area contributed by atoms with Gasteiger partial charge in [0.25, 0.3) is 0 Å². The predicted octanol–water partition coefficient (Wildman–Crippen LogP) is 3.18. The van der Waals surface area contributed by atoms with Crippen LogP contribution in [0.4, 0.5) is 5.69 Å². The van der Waals surface area contributed by atoms with Crippen LogP contribution in [-0.4, -0.2) is 37.5 Å². The molecular weight excluding hydrogens is 364 g/mol. The van der Waals surface area contributed by atoms with Crippen molar-refractivity contribution in [2.24, 2.45) is 0 Å². The van der Waals surface area contributed by atoms with Gasteiger partial charge in [0.05, 0.1) is 24.6 Å². The number of ether oxygens (including phenoxy) is 1. The topological polar surface area (TPSA) is 75.7 Å². The van der Waals surface area contributed by atoms with Crippen LogP contribution < -0.4 is 10.1 Å². The summed E-state index contributed by atoms with van der Waals surface area (Å²) in [5.74, 6) is 0.123. The van der Waals surface area contributed by atoms with Gasteiger partial charge in [-0.1, -0.05) is 42.0 Å². The molecule has 0 saturated carbocycles. The molecule has 0 radical (unpaired) electrons. The lowest BCUT2D eigenvalue weighted by Gasteiger charge is -2.20. The molecule has 2 aromatic carbocycles. The summed E-state index contributed by atoms with van der Waals surface area (Å²) in [6, 6.07) is 14.6. The van der Waals surface area contributed by atoms with Gasteiger partial charge in [-0.3, -0.25) is 4.79 Å². The Hall–Kier alpha value is -2.38. The molecule has 7 heteroatoms. The highest BCUT2D eigenvalue weighted by molar-refractivity contribution is 7.88. The maximum absolute atomic E-state index is 12.5. The number of benzene rings is 2. The summed E-state index contributed by atoms with van der Waals surface area (Å²) < 4.78 is 31.1. The SMILES string of the molecule is Cc1ccc(CN(CC(=O)Nc2ccccc2OC(C)C)S(C)(=O)=O)cc1. The molecule has 146 valence electrons. The van der Waals surface area contributed by atoms with Crippen LogP contribution in [0.5, 0.6) is 5.75 Å². The van der Waals surface area contributed by atoms with Gasteiger partial charge < -0.3 is 10.1 Å². The van der Waals surface area contributed by atoms with Gasteiger partial charge in [0.2, 0.25) is 15.9 Å². The van der Waals surface area contributed by atoms with Crippen molar-refractivity contribution in [2.45, 2.75) is 33.4 Å². The molecule has 2 aromatic rings. The van der Waals surface area contributed by atoms with Crippen molar-refractivity contribution in [1.82, 2.24) is 4.31 Å². The second-order valence-corrected chi connectivity index (χ2v) is 8.71. The largest absolute Gasteiger partial charge is 0.489 e. The monoisotopic (exact) mass is 390 g/mol. The zero-order valence-electron chi connectivity index (χ0n) is 16.1. The Balaban J connectivity index is 2.12. The first-order chi connectivity index (χ1) is 12.6. The molecule has 0 unspecified atom stereocenters. The fourth-order valence-corrected chi connectivity index (χ4v) is 3.20. The summed E-state index contributed by atoms with van der Waals surface area (Å²) in [5, 5.41) is 2.74. The fraction of sp³-hybridized carbons (Fsp3) is 0.350. The maximum Gasteiger partial charge on any atom is 0.239 e. The zero-order chi connectivity index (χ0) is 20.0. The highest BCUT2D eigenvalue weighted by Crippen LogP contribution is 2.25. The molecule has 1 N–H and O–H groups in total. The number of carbonyl (C=O) groups excluding carboxylic acids is 1. The molecule has 0 heterocycles. The number of carbonyl (C=O) groups is 1. The van der Waals surface area contributed by atoms with Crippen molar-refractivity contribution in [3.63, 3.8) is 0 Å². The first-order valence-electron chi connectivity index (χ1n) is 8.71. The second-order valence-electron chi connectivity index (χ2n) is 6.73. The number of rotatable bonds is 8. The molecule has 0 aliphatic carbocycles. The number of hydrogen-bond donors (Lipinski definition) is 1. The van der Waals surface area contributed by atoms with Crippen LogP contribution in [0.25, 0.3) is 0 Å². The molecule has 0 aliphatic heterocycles. The van der Waals surface area contributed by atoms with E-state index >= 15 is 0 Å². The molecular formula is C20H26N2O4S. The third-order valence-electron chi connectivity index (χ3n) is 3.79. The third-order valence-corrected chi connectivity index (χ3v) is 4.99. The molecule has 27 heavy (non-hydrogen) atoms. The van der Waals surface area contributed by atoms with E-state index < -0.39 is 15.9 Å². The van der Waals surface area contributed by atoms with E-state index in [0.717, 1.165) is 21.7 Å². The van der Waals surface area contributed by atoms with Crippen LogP contribution >= 0.6 is 0 Å². The highest BCUT2D eigenvalue weighted by atomic mass is 32.2. The number of hydrogen-bond acceptors (Lipinski definition) is 4. The second kappa shape index (κ2) is 9.01. The van der Waals surface area contributed by atoms with E-state index in [-0.39, 0.29) is 19.2 Å². The summed E-state index contributed by atoms with van der Waals surface area (Å²) in [5.41, 5.74) is 2.42. The molecule has 0 saturated heterocycles. The number of amides is 1. The Bertz CT molecular complexity index is 877. The van der Waals surface area contributed by atoms with E-state index in [4.69, 9.17) is 4.74 Å². The first kappa shape index (κ1) is 20.9. The van der Waals surface area contributed by atoms with Crippen LogP contribution in [0.15, 0.2) is 48.5 Å². The standard InChI is InChI=1S/C20H26N2O4S/c1-15(2)26-19-8-6-5-7-18(19)21-20(23)14-22(27(4,24)25)13-17-11-9-16(3)10-12-17/h5-12,15H,13-14H2,1-4H3,(H,21,23). The number of aryl methyl sites for hydroxylation is 1. The Morgan fingerprint density at radius 1 is 1.11 bits per heavy atom. The Kier molecular flexibility index (Phi) is 6.98. The minimum Gasteiger partial charge on any atom is -0.489 e. The molecule has 0 aromatic heterocycles. The summed E-state index contributed by atoms with van der Waals surface area (Å²) in [6.45, 7) is 5.61. The summed E-state index contributed by atoms with van der Waals surface area (Å²) in [6.07, 6.45) is 1.06.